The summed E-state index contributed by atoms with van der Waals surface area (Å²) in [6, 6.07) is 2.80. The van der Waals surface area contributed by atoms with Crippen LogP contribution in [0.25, 0.3) is 0 Å². The number of nitrogens with two attached hydrogens (primary N) is 1. The third kappa shape index (κ3) is 3.41. The fourth-order valence-electron chi connectivity index (χ4n) is 2.61. The molecule has 1 aliphatic carbocycles. The molecular weight excluding hydrogens is 334 g/mol. The lowest BCUT2D eigenvalue weighted by molar-refractivity contribution is 0.0693. The van der Waals surface area contributed by atoms with Crippen molar-refractivity contribution in [1.82, 2.24) is 0 Å². The highest BCUT2D eigenvalue weighted by molar-refractivity contribution is 9.10. The smallest absolute Gasteiger partial charge is 0.339 e. The molecule has 0 bridgehead atoms. The van der Waals surface area contributed by atoms with Crippen molar-refractivity contribution >= 4 is 34.3 Å². The summed E-state index contributed by atoms with van der Waals surface area (Å²) in [5.74, 6) is -1.02. The van der Waals surface area contributed by atoms with E-state index in [4.69, 9.17) is 10.8 Å². The number of halogens is 2. The molecule has 19 heavy (non-hydrogen) atoms. The summed E-state index contributed by atoms with van der Waals surface area (Å²) in [6.45, 7) is 0. The maximum absolute atomic E-state index is 11.0. The van der Waals surface area contributed by atoms with E-state index in [0.717, 1.165) is 25.7 Å². The number of phenols is 1. The Labute approximate surface area is 126 Å². The first-order chi connectivity index (χ1) is 8.50. The monoisotopic (exact) mass is 349 g/mol. The van der Waals surface area contributed by atoms with E-state index < -0.39 is 5.97 Å². The molecule has 0 heterocycles. The second kappa shape index (κ2) is 6.59. The number of carbonyl (C=O) groups is 1. The molecule has 1 atom stereocenters. The van der Waals surface area contributed by atoms with Crippen LogP contribution < -0.4 is 5.73 Å². The van der Waals surface area contributed by atoms with Gasteiger partial charge in [0.25, 0.3) is 0 Å². The number of aromatic hydroxyl groups is 1. The highest BCUT2D eigenvalue weighted by Gasteiger charge is 2.27. The summed E-state index contributed by atoms with van der Waals surface area (Å²) in [5.41, 5.74) is 6.58. The molecular formula is C13H17BrClNO3. The number of rotatable bonds is 3. The van der Waals surface area contributed by atoms with Crippen molar-refractivity contribution in [3.05, 3.63) is 27.7 Å². The molecule has 106 valence electrons. The summed E-state index contributed by atoms with van der Waals surface area (Å²) >= 11 is 3.26. The number of carboxylic acid groups (broad SMARTS) is 1. The molecule has 1 aromatic rings. The Morgan fingerprint density at radius 1 is 1.37 bits per heavy atom. The zero-order valence-corrected chi connectivity index (χ0v) is 12.7. The summed E-state index contributed by atoms with van der Waals surface area (Å²) in [6.07, 6.45) is 4.38. The molecule has 0 spiro atoms. The van der Waals surface area contributed by atoms with Crippen LogP contribution >= 0.6 is 28.3 Å². The molecule has 0 unspecified atom stereocenters. The fraction of sp³-hybridized carbons (Fsp3) is 0.462. The van der Waals surface area contributed by atoms with E-state index in [-0.39, 0.29) is 29.8 Å². The minimum atomic E-state index is -1.14. The predicted molar refractivity (Wildman–Crippen MR) is 78.9 cm³/mol. The van der Waals surface area contributed by atoms with E-state index in [9.17, 15) is 9.90 Å². The van der Waals surface area contributed by atoms with Crippen molar-refractivity contribution in [2.24, 2.45) is 11.7 Å². The van der Waals surface area contributed by atoms with E-state index in [2.05, 4.69) is 15.9 Å². The summed E-state index contributed by atoms with van der Waals surface area (Å²) in [5, 5.41) is 19.1. The predicted octanol–water partition coefficient (Wildman–Crippen LogP) is 3.46. The highest BCUT2D eigenvalue weighted by atomic mass is 79.9. The minimum Gasteiger partial charge on any atom is -0.507 e. The third-order valence-corrected chi connectivity index (χ3v) is 4.06. The van der Waals surface area contributed by atoms with Crippen molar-refractivity contribution in [2.75, 3.05) is 0 Å². The van der Waals surface area contributed by atoms with E-state index in [1.807, 2.05) is 0 Å². The number of hydrogen-bond acceptors (Lipinski definition) is 3. The van der Waals surface area contributed by atoms with Gasteiger partial charge in [-0.2, -0.15) is 0 Å². The standard InChI is InChI=1S/C13H16BrNO3.ClH/c14-8-5-9(11(15)7-3-1-2-4-7)12(16)10(6-8)13(17)18;/h5-7,11,16H,1-4,15H2,(H,17,18);1H/t11-;/m0./s1. The second-order valence-corrected chi connectivity index (χ2v) is 5.68. The zero-order chi connectivity index (χ0) is 13.3. The number of hydrogen-bond donors (Lipinski definition) is 3. The van der Waals surface area contributed by atoms with E-state index in [0.29, 0.717) is 16.0 Å². The van der Waals surface area contributed by atoms with Crippen LogP contribution in [0.15, 0.2) is 16.6 Å². The largest absolute Gasteiger partial charge is 0.507 e. The van der Waals surface area contributed by atoms with Crippen LogP contribution in [0.4, 0.5) is 0 Å². The maximum Gasteiger partial charge on any atom is 0.339 e. The summed E-state index contributed by atoms with van der Waals surface area (Å²) in [4.78, 5) is 11.0. The molecule has 4 nitrogen and oxygen atoms in total. The van der Waals surface area contributed by atoms with Gasteiger partial charge in [-0.3, -0.25) is 0 Å². The number of carboxylic acids is 1. The Morgan fingerprint density at radius 2 is 1.95 bits per heavy atom. The Hall–Kier alpha value is -0.780. The van der Waals surface area contributed by atoms with Crippen LogP contribution in [0.1, 0.15) is 47.6 Å². The van der Waals surface area contributed by atoms with Gasteiger partial charge < -0.3 is 15.9 Å². The first kappa shape index (κ1) is 16.3. The van der Waals surface area contributed by atoms with Crippen LogP contribution in [-0.4, -0.2) is 16.2 Å². The van der Waals surface area contributed by atoms with Gasteiger partial charge in [0.2, 0.25) is 0 Å². The van der Waals surface area contributed by atoms with Gasteiger partial charge in [0.1, 0.15) is 11.3 Å². The van der Waals surface area contributed by atoms with Gasteiger partial charge in [-0.25, -0.2) is 4.79 Å². The first-order valence-corrected chi connectivity index (χ1v) is 6.81. The molecule has 1 aromatic carbocycles. The summed E-state index contributed by atoms with van der Waals surface area (Å²) in [7, 11) is 0. The summed E-state index contributed by atoms with van der Waals surface area (Å²) < 4.78 is 0.626. The lowest BCUT2D eigenvalue weighted by Gasteiger charge is -2.21. The molecule has 2 rings (SSSR count). The molecule has 0 aromatic heterocycles. The quantitative estimate of drug-likeness (QED) is 0.779. The minimum absolute atomic E-state index is 0. The normalized spacial score (nSPS) is 16.9. The molecule has 1 aliphatic rings. The van der Waals surface area contributed by atoms with Crippen LogP contribution in [0.2, 0.25) is 0 Å². The highest BCUT2D eigenvalue weighted by Crippen LogP contribution is 2.39. The third-order valence-electron chi connectivity index (χ3n) is 3.60. The Morgan fingerprint density at radius 3 is 2.47 bits per heavy atom. The molecule has 0 radical (unpaired) electrons. The molecule has 6 heteroatoms. The fourth-order valence-corrected chi connectivity index (χ4v) is 3.08. The molecule has 0 amide bonds. The Bertz CT molecular complexity index is 475. The molecule has 4 N–H and O–H groups in total. The van der Waals surface area contributed by atoms with Gasteiger partial charge >= 0.3 is 5.97 Å². The average Bonchev–Trinajstić information content (AvgIpc) is 2.84. The van der Waals surface area contributed by atoms with Crippen molar-refractivity contribution in [3.8, 4) is 5.75 Å². The topological polar surface area (TPSA) is 83.6 Å². The van der Waals surface area contributed by atoms with Crippen molar-refractivity contribution in [2.45, 2.75) is 31.7 Å². The maximum atomic E-state index is 11.0. The molecule has 0 saturated heterocycles. The van der Waals surface area contributed by atoms with E-state index >= 15 is 0 Å². The Balaban J connectivity index is 0.00000180. The first-order valence-electron chi connectivity index (χ1n) is 6.02. The van der Waals surface area contributed by atoms with Gasteiger partial charge in [0.15, 0.2) is 0 Å². The number of benzene rings is 1. The molecule has 1 saturated carbocycles. The van der Waals surface area contributed by atoms with Crippen LogP contribution in [-0.2, 0) is 0 Å². The van der Waals surface area contributed by atoms with Gasteiger partial charge in [-0.15, -0.1) is 12.4 Å². The molecule has 0 aliphatic heterocycles. The Kier molecular flexibility index (Phi) is 5.64. The van der Waals surface area contributed by atoms with Crippen LogP contribution in [0.5, 0.6) is 5.75 Å². The van der Waals surface area contributed by atoms with Gasteiger partial charge in [-0.1, -0.05) is 28.8 Å². The molecule has 1 fully saturated rings. The van der Waals surface area contributed by atoms with Crippen molar-refractivity contribution in [3.63, 3.8) is 0 Å². The van der Waals surface area contributed by atoms with Gasteiger partial charge in [0.05, 0.1) is 0 Å². The van der Waals surface area contributed by atoms with Crippen LogP contribution in [0, 0.1) is 5.92 Å². The van der Waals surface area contributed by atoms with E-state index in [1.165, 1.54) is 6.07 Å². The van der Waals surface area contributed by atoms with Crippen LogP contribution in [0.3, 0.4) is 0 Å². The lowest BCUT2D eigenvalue weighted by Crippen LogP contribution is -2.20. The lowest BCUT2D eigenvalue weighted by atomic mass is 9.91. The number of aromatic carboxylic acids is 1. The van der Waals surface area contributed by atoms with E-state index in [1.54, 1.807) is 6.07 Å². The van der Waals surface area contributed by atoms with Gasteiger partial charge in [0, 0.05) is 16.1 Å². The SMILES string of the molecule is Cl.N[C@H](c1cc(Br)cc(C(=O)O)c1O)C1CCCC1. The zero-order valence-electron chi connectivity index (χ0n) is 10.3. The van der Waals surface area contributed by atoms with Crippen molar-refractivity contribution < 1.29 is 15.0 Å². The second-order valence-electron chi connectivity index (χ2n) is 4.77. The average molecular weight is 351 g/mol. The van der Waals surface area contributed by atoms with Crippen molar-refractivity contribution in [1.29, 1.82) is 0 Å². The van der Waals surface area contributed by atoms with Gasteiger partial charge in [-0.05, 0) is 30.9 Å².